The lowest BCUT2D eigenvalue weighted by Crippen LogP contribution is -2.31. The van der Waals surface area contributed by atoms with Crippen molar-refractivity contribution in [2.24, 2.45) is 5.10 Å². The van der Waals surface area contributed by atoms with Gasteiger partial charge in [0.15, 0.2) is 10.9 Å². The van der Waals surface area contributed by atoms with Crippen LogP contribution < -0.4 is 20.2 Å². The lowest BCUT2D eigenvalue weighted by molar-refractivity contribution is 0.394. The highest BCUT2D eigenvalue weighted by Gasteiger charge is 2.16. The Morgan fingerprint density at radius 1 is 1.16 bits per heavy atom. The fraction of sp³-hybridized carbons (Fsp3) is 0.176. The predicted molar refractivity (Wildman–Crippen MR) is 106 cm³/mol. The topological polar surface area (TPSA) is 54.9 Å². The molecule has 0 atom stereocenters. The molecule has 0 amide bonds. The third kappa shape index (κ3) is 5.22. The predicted octanol–water partition coefficient (Wildman–Crippen LogP) is 4.01. The van der Waals surface area contributed by atoms with Gasteiger partial charge >= 0.3 is 0 Å². The van der Waals surface area contributed by atoms with Gasteiger partial charge in [0.1, 0.15) is 10.8 Å². The minimum absolute atomic E-state index is 0.281. The average molecular weight is 398 g/mol. The van der Waals surface area contributed by atoms with Crippen LogP contribution in [-0.4, -0.2) is 25.5 Å². The van der Waals surface area contributed by atoms with E-state index >= 15 is 0 Å². The van der Waals surface area contributed by atoms with E-state index in [1.807, 2.05) is 30.3 Å². The molecule has 2 aromatic carbocycles. The molecule has 0 aliphatic carbocycles. The molecule has 0 spiro atoms. The van der Waals surface area contributed by atoms with E-state index in [1.165, 1.54) is 20.4 Å². The number of nitrogens with one attached hydrogen (secondary N) is 2. The number of halogens is 2. The maximum atomic E-state index is 6.22. The second-order valence-corrected chi connectivity index (χ2v) is 6.06. The number of thiocarbonyl (C=S) groups is 1. The molecular weight excluding hydrogens is 381 g/mol. The summed E-state index contributed by atoms with van der Waals surface area (Å²) >= 11 is 17.5. The smallest absolute Gasteiger partial charge is 0.187 e. The molecule has 0 aromatic heterocycles. The first-order chi connectivity index (χ1) is 12.1. The molecule has 25 heavy (non-hydrogen) atoms. The van der Waals surface area contributed by atoms with E-state index in [-0.39, 0.29) is 5.02 Å². The third-order valence-corrected chi connectivity index (χ3v) is 4.09. The average Bonchev–Trinajstić information content (AvgIpc) is 2.61. The molecule has 0 fully saturated rings. The van der Waals surface area contributed by atoms with Crippen molar-refractivity contribution < 1.29 is 9.47 Å². The number of nitrogens with zero attached hydrogens (tertiary/aromatic N) is 1. The Labute approximate surface area is 161 Å². The number of rotatable bonds is 6. The van der Waals surface area contributed by atoms with Gasteiger partial charge in [0.05, 0.1) is 25.5 Å². The first-order valence-electron chi connectivity index (χ1n) is 7.27. The van der Waals surface area contributed by atoms with E-state index < -0.39 is 0 Å². The van der Waals surface area contributed by atoms with Gasteiger partial charge in [-0.05, 0) is 23.8 Å². The van der Waals surface area contributed by atoms with Gasteiger partial charge in [0.25, 0.3) is 0 Å². The van der Waals surface area contributed by atoms with E-state index in [1.54, 1.807) is 6.07 Å². The normalized spacial score (nSPS) is 10.6. The largest absolute Gasteiger partial charge is 0.494 e. The van der Waals surface area contributed by atoms with Gasteiger partial charge in [0.2, 0.25) is 0 Å². The Kier molecular flexibility index (Phi) is 7.31. The first-order valence-corrected chi connectivity index (χ1v) is 8.44. The SMILES string of the molecule is COc1c(Cl)cc(/C=N\NC(=S)NCc2ccccc2)c(OC)c1Cl. The molecule has 0 bridgehead atoms. The highest BCUT2D eigenvalue weighted by molar-refractivity contribution is 7.80. The molecule has 0 radical (unpaired) electrons. The lowest BCUT2D eigenvalue weighted by Gasteiger charge is -2.12. The lowest BCUT2D eigenvalue weighted by atomic mass is 10.2. The summed E-state index contributed by atoms with van der Waals surface area (Å²) in [5.74, 6) is 0.766. The molecule has 0 saturated heterocycles. The summed E-state index contributed by atoms with van der Waals surface area (Å²) in [7, 11) is 2.99. The zero-order valence-electron chi connectivity index (χ0n) is 13.7. The van der Waals surface area contributed by atoms with Gasteiger partial charge in [-0.3, -0.25) is 5.43 Å². The molecule has 2 rings (SSSR count). The zero-order chi connectivity index (χ0) is 18.2. The van der Waals surface area contributed by atoms with Crippen LogP contribution in [0.5, 0.6) is 11.5 Å². The third-order valence-electron chi connectivity index (χ3n) is 3.23. The van der Waals surface area contributed by atoms with E-state index in [9.17, 15) is 0 Å². The number of hydrogen-bond donors (Lipinski definition) is 2. The van der Waals surface area contributed by atoms with Crippen molar-refractivity contribution in [1.29, 1.82) is 0 Å². The van der Waals surface area contributed by atoms with Crippen molar-refractivity contribution >= 4 is 46.7 Å². The molecule has 0 heterocycles. The first kappa shape index (κ1) is 19.3. The fourth-order valence-electron chi connectivity index (χ4n) is 2.07. The standard InChI is InChI=1S/C17H17Cl2N3O2S/c1-23-15-12(8-13(18)16(24-2)14(15)19)10-21-22-17(25)20-9-11-6-4-3-5-7-11/h3-8,10H,9H2,1-2H3,(H2,20,22,25)/b21-10-. The molecule has 5 nitrogen and oxygen atoms in total. The summed E-state index contributed by atoms with van der Waals surface area (Å²) in [5, 5.41) is 8.18. The van der Waals surface area contributed by atoms with Gasteiger partial charge < -0.3 is 14.8 Å². The minimum Gasteiger partial charge on any atom is -0.494 e. The second-order valence-electron chi connectivity index (χ2n) is 4.87. The van der Waals surface area contributed by atoms with Crippen molar-refractivity contribution in [2.45, 2.75) is 6.54 Å². The van der Waals surface area contributed by atoms with E-state index in [0.717, 1.165) is 5.56 Å². The quantitative estimate of drug-likeness (QED) is 0.438. The van der Waals surface area contributed by atoms with Crippen molar-refractivity contribution in [1.82, 2.24) is 10.7 Å². The summed E-state index contributed by atoms with van der Waals surface area (Å²) in [6.45, 7) is 0.603. The van der Waals surface area contributed by atoms with Gasteiger partial charge in [-0.1, -0.05) is 53.5 Å². The number of hydrogen-bond acceptors (Lipinski definition) is 4. The summed E-state index contributed by atoms with van der Waals surface area (Å²) in [4.78, 5) is 0. The summed E-state index contributed by atoms with van der Waals surface area (Å²) in [6, 6.07) is 11.6. The number of ether oxygens (including phenoxy) is 2. The molecule has 132 valence electrons. The Hall–Kier alpha value is -2.02. The monoisotopic (exact) mass is 397 g/mol. The van der Waals surface area contributed by atoms with Crippen molar-refractivity contribution in [3.05, 3.63) is 57.6 Å². The highest BCUT2D eigenvalue weighted by atomic mass is 35.5. The Morgan fingerprint density at radius 3 is 2.48 bits per heavy atom. The van der Waals surface area contributed by atoms with Gasteiger partial charge in [-0.25, -0.2) is 0 Å². The van der Waals surface area contributed by atoms with E-state index in [2.05, 4.69) is 15.8 Å². The summed E-state index contributed by atoms with van der Waals surface area (Å²) in [6.07, 6.45) is 1.52. The number of methoxy groups -OCH3 is 2. The van der Waals surface area contributed by atoms with Crippen LogP contribution in [0.4, 0.5) is 0 Å². The van der Waals surface area contributed by atoms with Gasteiger partial charge in [0, 0.05) is 12.1 Å². The van der Waals surface area contributed by atoms with Crippen LogP contribution in [0.3, 0.4) is 0 Å². The van der Waals surface area contributed by atoms with E-state index in [4.69, 9.17) is 44.9 Å². The second kappa shape index (κ2) is 9.46. The van der Waals surface area contributed by atoms with Gasteiger partial charge in [-0.2, -0.15) is 5.10 Å². The fourth-order valence-corrected chi connectivity index (χ4v) is 2.90. The van der Waals surface area contributed by atoms with Crippen molar-refractivity contribution in [3.8, 4) is 11.5 Å². The molecule has 0 saturated carbocycles. The molecular formula is C17H17Cl2N3O2S. The molecule has 0 aliphatic rings. The molecule has 0 aliphatic heterocycles. The summed E-state index contributed by atoms with van der Waals surface area (Å²) < 4.78 is 10.5. The Morgan fingerprint density at radius 2 is 1.84 bits per heavy atom. The van der Waals surface area contributed by atoms with Crippen LogP contribution in [0.25, 0.3) is 0 Å². The molecule has 2 N–H and O–H groups in total. The van der Waals surface area contributed by atoms with E-state index in [0.29, 0.717) is 33.7 Å². The Bertz CT molecular complexity index is 770. The van der Waals surface area contributed by atoms with Crippen LogP contribution in [0.2, 0.25) is 10.0 Å². The Balaban J connectivity index is 2.00. The van der Waals surface area contributed by atoms with Crippen LogP contribution in [0.15, 0.2) is 41.5 Å². The van der Waals surface area contributed by atoms with Crippen LogP contribution in [-0.2, 0) is 6.54 Å². The molecule has 2 aromatic rings. The highest BCUT2D eigenvalue weighted by Crippen LogP contribution is 2.41. The number of benzene rings is 2. The molecule has 0 unspecified atom stereocenters. The zero-order valence-corrected chi connectivity index (χ0v) is 16.0. The number of hydrazone groups is 1. The maximum Gasteiger partial charge on any atom is 0.187 e. The maximum absolute atomic E-state index is 6.22. The van der Waals surface area contributed by atoms with Gasteiger partial charge in [-0.15, -0.1) is 0 Å². The van der Waals surface area contributed by atoms with Crippen molar-refractivity contribution in [2.75, 3.05) is 14.2 Å². The van der Waals surface area contributed by atoms with Crippen LogP contribution in [0, 0.1) is 0 Å². The molecule has 8 heteroatoms. The van der Waals surface area contributed by atoms with Crippen molar-refractivity contribution in [3.63, 3.8) is 0 Å². The van der Waals surface area contributed by atoms with Crippen LogP contribution >= 0.6 is 35.4 Å². The minimum atomic E-state index is 0.281. The summed E-state index contributed by atoms with van der Waals surface area (Å²) in [5.41, 5.74) is 4.45. The van der Waals surface area contributed by atoms with Crippen LogP contribution in [0.1, 0.15) is 11.1 Å².